The molecule has 0 amide bonds. The summed E-state index contributed by atoms with van der Waals surface area (Å²) < 4.78 is 12.3. The summed E-state index contributed by atoms with van der Waals surface area (Å²) in [4.78, 5) is 13.3. The Morgan fingerprint density at radius 3 is 2.41 bits per heavy atom. The number of rotatable bonds is 6. The summed E-state index contributed by atoms with van der Waals surface area (Å²) in [5.41, 5.74) is 2.05. The summed E-state index contributed by atoms with van der Waals surface area (Å²) >= 11 is 0. The predicted molar refractivity (Wildman–Crippen MR) is 144 cm³/mol. The molecule has 1 aliphatic heterocycles. The lowest BCUT2D eigenvalue weighted by Gasteiger charge is -2.30. The molecular weight excluding hydrogens is 472 g/mol. The van der Waals surface area contributed by atoms with E-state index in [1.165, 1.54) is 23.8 Å². The van der Waals surface area contributed by atoms with E-state index >= 15 is 0 Å². The smallest absolute Gasteiger partial charge is 0.238 e. The number of phenols is 3. The average molecular weight is 505 g/mol. The maximum atomic E-state index is 13.3. The van der Waals surface area contributed by atoms with Crippen molar-refractivity contribution in [3.8, 4) is 40.1 Å². The molecule has 37 heavy (non-hydrogen) atoms. The zero-order chi connectivity index (χ0) is 27.1. The third kappa shape index (κ3) is 5.07. The van der Waals surface area contributed by atoms with Gasteiger partial charge in [0.1, 0.15) is 22.5 Å². The lowest BCUT2D eigenvalue weighted by molar-refractivity contribution is 0.157. The van der Waals surface area contributed by atoms with E-state index < -0.39 is 22.5 Å². The third-order valence-corrected chi connectivity index (χ3v) is 6.37. The van der Waals surface area contributed by atoms with Crippen molar-refractivity contribution in [3.05, 3.63) is 68.9 Å². The molecule has 0 atom stereocenters. The normalized spacial score (nSPS) is 14.4. The third-order valence-electron chi connectivity index (χ3n) is 6.37. The zero-order valence-corrected chi connectivity index (χ0v) is 21.7. The highest BCUT2D eigenvalue weighted by molar-refractivity contribution is 5.97. The van der Waals surface area contributed by atoms with Gasteiger partial charge in [0, 0.05) is 11.1 Å². The highest BCUT2D eigenvalue weighted by atomic mass is 16.5. The second kappa shape index (κ2) is 9.73. The van der Waals surface area contributed by atoms with Gasteiger partial charge in [-0.1, -0.05) is 23.3 Å². The Hall–Kier alpha value is -4.13. The first-order chi connectivity index (χ1) is 17.4. The molecule has 1 aromatic heterocycles. The van der Waals surface area contributed by atoms with Crippen molar-refractivity contribution in [3.63, 3.8) is 0 Å². The van der Waals surface area contributed by atoms with Gasteiger partial charge < -0.3 is 29.6 Å². The Labute approximate surface area is 215 Å². The quantitative estimate of drug-likeness (QED) is 0.218. The van der Waals surface area contributed by atoms with E-state index in [4.69, 9.17) is 9.15 Å². The van der Waals surface area contributed by atoms with Crippen LogP contribution in [0.2, 0.25) is 0 Å². The highest BCUT2D eigenvalue weighted by Crippen LogP contribution is 2.46. The minimum absolute atomic E-state index is 0.0534. The maximum Gasteiger partial charge on any atom is 0.238 e. The molecule has 1 aliphatic rings. The van der Waals surface area contributed by atoms with E-state index in [-0.39, 0.29) is 33.8 Å². The van der Waals surface area contributed by atoms with E-state index in [1.807, 2.05) is 32.9 Å². The standard InChI is InChI=1S/C30H32O7/c1-16(2)7-6-8-17(3)9-11-19-24(33)23-25(34)26(35)27(18-10-12-21(31)22(32)15-18)36-29(23)20-13-14-30(4,5)37-28(19)20/h7,9-10,12-15,31-33,35H,6,8,11H2,1-5H3. The van der Waals surface area contributed by atoms with Crippen LogP contribution < -0.4 is 10.2 Å². The molecule has 0 saturated carbocycles. The number of allylic oxidation sites excluding steroid dienone is 4. The van der Waals surface area contributed by atoms with Gasteiger partial charge in [0.05, 0.1) is 5.56 Å². The number of benzene rings is 2. The van der Waals surface area contributed by atoms with Crippen LogP contribution in [0.5, 0.6) is 28.7 Å². The zero-order valence-electron chi connectivity index (χ0n) is 21.7. The van der Waals surface area contributed by atoms with Crippen LogP contribution in [0, 0.1) is 0 Å². The van der Waals surface area contributed by atoms with Crippen molar-refractivity contribution in [2.75, 3.05) is 0 Å². The Balaban J connectivity index is 1.92. The largest absolute Gasteiger partial charge is 0.507 e. The number of hydrogen-bond donors (Lipinski definition) is 4. The molecule has 0 radical (unpaired) electrons. The van der Waals surface area contributed by atoms with Crippen molar-refractivity contribution in [1.82, 2.24) is 0 Å². The summed E-state index contributed by atoms with van der Waals surface area (Å²) in [5, 5.41) is 41.5. The van der Waals surface area contributed by atoms with Gasteiger partial charge in [0.25, 0.3) is 0 Å². The first kappa shape index (κ1) is 25.9. The van der Waals surface area contributed by atoms with Gasteiger partial charge in [-0.15, -0.1) is 0 Å². The van der Waals surface area contributed by atoms with Crippen LogP contribution in [0.25, 0.3) is 28.4 Å². The van der Waals surface area contributed by atoms with Gasteiger partial charge >= 0.3 is 0 Å². The molecule has 4 N–H and O–H groups in total. The van der Waals surface area contributed by atoms with Crippen molar-refractivity contribution in [2.24, 2.45) is 0 Å². The molecule has 7 heteroatoms. The maximum absolute atomic E-state index is 13.3. The van der Waals surface area contributed by atoms with Crippen LogP contribution >= 0.6 is 0 Å². The van der Waals surface area contributed by atoms with Gasteiger partial charge in [0.15, 0.2) is 22.8 Å². The topological polar surface area (TPSA) is 120 Å². The van der Waals surface area contributed by atoms with Crippen molar-refractivity contribution in [2.45, 2.75) is 59.5 Å². The summed E-state index contributed by atoms with van der Waals surface area (Å²) in [6.45, 7) is 9.91. The minimum atomic E-state index is -0.812. The van der Waals surface area contributed by atoms with Gasteiger partial charge in [0.2, 0.25) is 11.2 Å². The van der Waals surface area contributed by atoms with Gasteiger partial charge in [-0.25, -0.2) is 0 Å². The number of ether oxygens (including phenoxy) is 1. The molecule has 2 aromatic carbocycles. The fraction of sp³-hybridized carbons (Fsp3) is 0.300. The lowest BCUT2D eigenvalue weighted by atomic mass is 9.94. The van der Waals surface area contributed by atoms with E-state index in [2.05, 4.69) is 19.9 Å². The Bertz CT molecular complexity index is 1530. The molecule has 0 bridgehead atoms. The second-order valence-corrected chi connectivity index (χ2v) is 10.2. The van der Waals surface area contributed by atoms with E-state index in [0.29, 0.717) is 23.3 Å². The van der Waals surface area contributed by atoms with Gasteiger partial charge in [-0.05, 0) is 84.2 Å². The summed E-state index contributed by atoms with van der Waals surface area (Å²) in [6, 6.07) is 3.80. The van der Waals surface area contributed by atoms with E-state index in [0.717, 1.165) is 18.4 Å². The van der Waals surface area contributed by atoms with Crippen LogP contribution in [-0.2, 0) is 6.42 Å². The molecule has 0 fully saturated rings. The van der Waals surface area contributed by atoms with Crippen LogP contribution in [-0.4, -0.2) is 26.0 Å². The van der Waals surface area contributed by atoms with Crippen LogP contribution in [0.3, 0.4) is 0 Å². The summed E-state index contributed by atoms with van der Waals surface area (Å²) in [5.74, 6) is -1.61. The Morgan fingerprint density at radius 1 is 1.00 bits per heavy atom. The molecule has 2 heterocycles. The Kier molecular flexibility index (Phi) is 6.82. The van der Waals surface area contributed by atoms with Crippen LogP contribution in [0.4, 0.5) is 0 Å². The number of aromatic hydroxyl groups is 4. The van der Waals surface area contributed by atoms with Crippen LogP contribution in [0.1, 0.15) is 58.6 Å². The highest BCUT2D eigenvalue weighted by Gasteiger charge is 2.31. The SMILES string of the molecule is CC(C)=CCCC(C)=CCc1c2c(c3oc(-c4ccc(O)c(O)c4)c(O)c(=O)c3c1O)C=CC(C)(C)O2. The Morgan fingerprint density at radius 2 is 1.73 bits per heavy atom. The van der Waals surface area contributed by atoms with Crippen molar-refractivity contribution in [1.29, 1.82) is 0 Å². The number of fused-ring (bicyclic) bond motifs is 3. The molecule has 0 unspecified atom stereocenters. The fourth-order valence-corrected chi connectivity index (χ4v) is 4.32. The van der Waals surface area contributed by atoms with E-state index in [9.17, 15) is 25.2 Å². The molecular formula is C30H32O7. The fourth-order valence-electron chi connectivity index (χ4n) is 4.32. The van der Waals surface area contributed by atoms with Crippen molar-refractivity contribution >= 4 is 17.0 Å². The van der Waals surface area contributed by atoms with Gasteiger partial charge in [-0.3, -0.25) is 4.79 Å². The summed E-state index contributed by atoms with van der Waals surface area (Å²) in [7, 11) is 0. The minimum Gasteiger partial charge on any atom is -0.507 e. The number of phenolic OH excluding ortho intramolecular Hbond substituents is 3. The monoisotopic (exact) mass is 504 g/mol. The second-order valence-electron chi connectivity index (χ2n) is 10.2. The van der Waals surface area contributed by atoms with Gasteiger partial charge in [-0.2, -0.15) is 0 Å². The van der Waals surface area contributed by atoms with Crippen LogP contribution in [0.15, 0.2) is 56.8 Å². The average Bonchev–Trinajstić information content (AvgIpc) is 2.81. The van der Waals surface area contributed by atoms with Crippen molar-refractivity contribution < 1.29 is 29.6 Å². The lowest BCUT2D eigenvalue weighted by Crippen LogP contribution is -2.28. The first-order valence-electron chi connectivity index (χ1n) is 12.2. The molecule has 0 aliphatic carbocycles. The summed E-state index contributed by atoms with van der Waals surface area (Å²) in [6.07, 6.45) is 9.88. The molecule has 0 saturated heterocycles. The molecule has 4 rings (SSSR count). The number of hydrogen-bond acceptors (Lipinski definition) is 7. The molecule has 7 nitrogen and oxygen atoms in total. The molecule has 0 spiro atoms. The molecule has 3 aromatic rings. The predicted octanol–water partition coefficient (Wildman–Crippen LogP) is 6.70. The first-order valence-corrected chi connectivity index (χ1v) is 12.2. The van der Waals surface area contributed by atoms with E-state index in [1.54, 1.807) is 6.08 Å². The molecule has 194 valence electrons.